The van der Waals surface area contributed by atoms with E-state index >= 15 is 0 Å². The summed E-state index contributed by atoms with van der Waals surface area (Å²) in [6.45, 7) is 3.49. The lowest BCUT2D eigenvalue weighted by molar-refractivity contribution is 0.381. The highest BCUT2D eigenvalue weighted by Gasteiger charge is 2.26. The molecule has 0 spiro atoms. The van der Waals surface area contributed by atoms with Crippen molar-refractivity contribution in [2.45, 2.75) is 6.04 Å². The summed E-state index contributed by atoms with van der Waals surface area (Å²) in [4.78, 5) is 0. The van der Waals surface area contributed by atoms with Gasteiger partial charge in [-0.15, -0.1) is 6.58 Å². The summed E-state index contributed by atoms with van der Waals surface area (Å²) in [6, 6.07) is 7.52. The zero-order valence-corrected chi connectivity index (χ0v) is 10.6. The molecule has 2 aromatic rings. The first-order valence-electron chi connectivity index (χ1n) is 5.92. The molecule has 0 aliphatic heterocycles. The van der Waals surface area contributed by atoms with Crippen LogP contribution in [0, 0.1) is 29.1 Å². The van der Waals surface area contributed by atoms with Crippen LogP contribution < -0.4 is 5.32 Å². The van der Waals surface area contributed by atoms with Crippen LogP contribution >= 0.6 is 0 Å². The molecule has 0 heterocycles. The lowest BCUT2D eigenvalue weighted by Gasteiger charge is -2.18. The van der Waals surface area contributed by atoms with Crippen LogP contribution in [0.1, 0.15) is 11.6 Å². The molecular weight excluding hydrogens is 289 g/mol. The van der Waals surface area contributed by atoms with Crippen molar-refractivity contribution in [3.8, 4) is 0 Å². The molecule has 0 aliphatic rings. The fourth-order valence-corrected chi connectivity index (χ4v) is 1.83. The second kappa shape index (κ2) is 5.95. The number of benzene rings is 2. The van der Waals surface area contributed by atoms with Crippen molar-refractivity contribution in [3.05, 3.63) is 77.6 Å². The minimum Gasteiger partial charge on any atom is -0.370 e. The van der Waals surface area contributed by atoms with Crippen LogP contribution in [0.3, 0.4) is 0 Å². The third-order valence-corrected chi connectivity index (χ3v) is 2.90. The van der Waals surface area contributed by atoms with E-state index in [-0.39, 0.29) is 0 Å². The highest BCUT2D eigenvalue weighted by atomic mass is 19.2. The minimum atomic E-state index is -2.19. The molecule has 1 N–H and O–H groups in total. The Labute approximate surface area is 117 Å². The quantitative estimate of drug-likeness (QED) is 0.373. The molecule has 0 aliphatic carbocycles. The second-order valence-corrected chi connectivity index (χ2v) is 4.21. The molecule has 1 unspecified atom stereocenters. The van der Waals surface area contributed by atoms with E-state index in [0.717, 1.165) is 0 Å². The molecule has 0 fully saturated rings. The van der Waals surface area contributed by atoms with Crippen molar-refractivity contribution in [3.63, 3.8) is 0 Å². The van der Waals surface area contributed by atoms with E-state index in [0.29, 0.717) is 5.56 Å². The van der Waals surface area contributed by atoms with Crippen molar-refractivity contribution in [2.75, 3.05) is 5.32 Å². The molecule has 2 aromatic carbocycles. The SMILES string of the molecule is C=CC(Nc1c(F)c(F)c(F)c(F)c1F)c1ccccc1. The lowest BCUT2D eigenvalue weighted by Crippen LogP contribution is -2.14. The minimum absolute atomic E-state index is 0.566. The van der Waals surface area contributed by atoms with Gasteiger partial charge in [-0.25, -0.2) is 22.0 Å². The molecule has 6 heteroatoms. The van der Waals surface area contributed by atoms with Gasteiger partial charge in [0.05, 0.1) is 6.04 Å². The number of halogens is 5. The van der Waals surface area contributed by atoms with Gasteiger partial charge in [-0.05, 0) is 5.56 Å². The highest BCUT2D eigenvalue weighted by molar-refractivity contribution is 5.50. The molecule has 0 saturated heterocycles. The van der Waals surface area contributed by atoms with Gasteiger partial charge in [-0.1, -0.05) is 36.4 Å². The molecule has 0 radical (unpaired) electrons. The third kappa shape index (κ3) is 2.74. The van der Waals surface area contributed by atoms with E-state index < -0.39 is 40.8 Å². The van der Waals surface area contributed by atoms with E-state index in [9.17, 15) is 22.0 Å². The molecule has 1 atom stereocenters. The highest BCUT2D eigenvalue weighted by Crippen LogP contribution is 2.30. The van der Waals surface area contributed by atoms with Gasteiger partial charge in [0.15, 0.2) is 23.3 Å². The predicted octanol–water partition coefficient (Wildman–Crippen LogP) is 4.72. The van der Waals surface area contributed by atoms with Crippen molar-refractivity contribution >= 4 is 5.69 Å². The van der Waals surface area contributed by atoms with Gasteiger partial charge in [0.25, 0.3) is 0 Å². The fourth-order valence-electron chi connectivity index (χ4n) is 1.83. The smallest absolute Gasteiger partial charge is 0.200 e. The van der Waals surface area contributed by atoms with Crippen LogP contribution in [0.2, 0.25) is 0 Å². The third-order valence-electron chi connectivity index (χ3n) is 2.90. The van der Waals surface area contributed by atoms with Gasteiger partial charge in [0.2, 0.25) is 5.82 Å². The van der Waals surface area contributed by atoms with Crippen LogP contribution in [0.15, 0.2) is 43.0 Å². The van der Waals surface area contributed by atoms with Crippen LogP contribution in [0.25, 0.3) is 0 Å². The van der Waals surface area contributed by atoms with Crippen LogP contribution in [-0.4, -0.2) is 0 Å². The Bertz CT molecular complexity index is 641. The molecule has 1 nitrogen and oxygen atoms in total. The van der Waals surface area contributed by atoms with E-state index in [1.165, 1.54) is 6.08 Å². The molecule has 2 rings (SSSR count). The maximum Gasteiger partial charge on any atom is 0.200 e. The second-order valence-electron chi connectivity index (χ2n) is 4.21. The number of hydrogen-bond acceptors (Lipinski definition) is 1. The summed E-state index contributed by atoms with van der Waals surface area (Å²) in [5.74, 6) is -9.99. The summed E-state index contributed by atoms with van der Waals surface area (Å²) < 4.78 is 66.4. The van der Waals surface area contributed by atoms with Gasteiger partial charge in [0, 0.05) is 0 Å². The normalized spacial score (nSPS) is 12.0. The Morgan fingerprint density at radius 2 is 1.29 bits per heavy atom. The van der Waals surface area contributed by atoms with Gasteiger partial charge in [-0.2, -0.15) is 0 Å². The Kier molecular flexibility index (Phi) is 4.26. The number of anilines is 1. The zero-order valence-electron chi connectivity index (χ0n) is 10.6. The summed E-state index contributed by atoms with van der Waals surface area (Å²) >= 11 is 0. The first-order valence-corrected chi connectivity index (χ1v) is 5.92. The summed E-state index contributed by atoms with van der Waals surface area (Å²) in [7, 11) is 0. The molecular formula is C15H10F5N. The Morgan fingerprint density at radius 3 is 1.76 bits per heavy atom. The Morgan fingerprint density at radius 1 is 0.810 bits per heavy atom. The molecule has 0 bridgehead atoms. The lowest BCUT2D eigenvalue weighted by atomic mass is 10.1. The maximum absolute atomic E-state index is 13.6. The maximum atomic E-state index is 13.6. The molecule has 0 amide bonds. The standard InChI is InChI=1S/C15H10F5N/c1-2-9(8-6-4-3-5-7-8)21-15-13(19)11(17)10(16)12(18)14(15)20/h2-7,9,21H,1H2. The average molecular weight is 299 g/mol. The molecule has 110 valence electrons. The summed E-state index contributed by atoms with van der Waals surface area (Å²) in [5, 5.41) is 2.28. The van der Waals surface area contributed by atoms with Crippen LogP contribution in [-0.2, 0) is 0 Å². The predicted molar refractivity (Wildman–Crippen MR) is 69.2 cm³/mol. The van der Waals surface area contributed by atoms with Crippen molar-refractivity contribution in [1.29, 1.82) is 0 Å². The number of nitrogens with one attached hydrogen (secondary N) is 1. The summed E-state index contributed by atoms with van der Waals surface area (Å²) in [6.07, 6.45) is 1.30. The number of rotatable bonds is 4. The topological polar surface area (TPSA) is 12.0 Å². The van der Waals surface area contributed by atoms with Gasteiger partial charge >= 0.3 is 0 Å². The largest absolute Gasteiger partial charge is 0.370 e. The summed E-state index contributed by atoms with van der Waals surface area (Å²) in [5.41, 5.74) is -0.517. The van der Waals surface area contributed by atoms with E-state index in [2.05, 4.69) is 11.9 Å². The van der Waals surface area contributed by atoms with Crippen LogP contribution in [0.4, 0.5) is 27.6 Å². The van der Waals surface area contributed by atoms with Crippen LogP contribution in [0.5, 0.6) is 0 Å². The Hall–Kier alpha value is -2.37. The molecule has 21 heavy (non-hydrogen) atoms. The van der Waals surface area contributed by atoms with Gasteiger partial charge in [0.1, 0.15) is 5.69 Å². The fraction of sp³-hybridized carbons (Fsp3) is 0.0667. The van der Waals surface area contributed by atoms with Crippen molar-refractivity contribution < 1.29 is 22.0 Å². The molecule has 0 aromatic heterocycles. The number of hydrogen-bond donors (Lipinski definition) is 1. The van der Waals surface area contributed by atoms with E-state index in [4.69, 9.17) is 0 Å². The molecule has 0 saturated carbocycles. The van der Waals surface area contributed by atoms with E-state index in [1.54, 1.807) is 30.3 Å². The monoisotopic (exact) mass is 299 g/mol. The Balaban J connectivity index is 2.46. The van der Waals surface area contributed by atoms with Crippen molar-refractivity contribution in [2.24, 2.45) is 0 Å². The van der Waals surface area contributed by atoms with Gasteiger partial charge in [-0.3, -0.25) is 0 Å². The zero-order chi connectivity index (χ0) is 15.6. The average Bonchev–Trinajstić information content (AvgIpc) is 2.52. The van der Waals surface area contributed by atoms with Crippen molar-refractivity contribution in [1.82, 2.24) is 0 Å². The first kappa shape index (κ1) is 15.0. The van der Waals surface area contributed by atoms with Gasteiger partial charge < -0.3 is 5.32 Å². The first-order chi connectivity index (χ1) is 9.97. The van der Waals surface area contributed by atoms with E-state index in [1.807, 2.05) is 0 Å².